The molecule has 0 N–H and O–H groups in total. The van der Waals surface area contributed by atoms with Gasteiger partial charge in [0.05, 0.1) is 24.9 Å². The van der Waals surface area contributed by atoms with Crippen molar-refractivity contribution in [3.63, 3.8) is 0 Å². The minimum Gasteiger partial charge on any atom is -0.374 e. The van der Waals surface area contributed by atoms with Gasteiger partial charge < -0.3 is 9.64 Å². The SMILES string of the molecule is O=C(c1cnccn1)N1CCO[C@H]2CCN(Cc3cccnc3)C[C@@H]21. The van der Waals surface area contributed by atoms with Crippen molar-refractivity contribution in [1.29, 1.82) is 0 Å². The van der Waals surface area contributed by atoms with Crippen LogP contribution in [-0.2, 0) is 11.3 Å². The lowest BCUT2D eigenvalue weighted by Crippen LogP contribution is -2.61. The zero-order valence-corrected chi connectivity index (χ0v) is 14.0. The van der Waals surface area contributed by atoms with E-state index in [0.717, 1.165) is 26.1 Å². The van der Waals surface area contributed by atoms with E-state index < -0.39 is 0 Å². The van der Waals surface area contributed by atoms with Gasteiger partial charge in [0.2, 0.25) is 0 Å². The van der Waals surface area contributed by atoms with Crippen molar-refractivity contribution in [1.82, 2.24) is 24.8 Å². The first-order valence-corrected chi connectivity index (χ1v) is 8.61. The summed E-state index contributed by atoms with van der Waals surface area (Å²) in [7, 11) is 0. The van der Waals surface area contributed by atoms with Crippen LogP contribution in [0.2, 0.25) is 0 Å². The standard InChI is InChI=1S/C18H21N5O2/c24-18(15-11-20-5-6-21-15)23-8-9-25-17-3-7-22(13-16(17)23)12-14-2-1-4-19-10-14/h1-2,4-6,10-11,16-17H,3,7-9,12-13H2/t16-,17-/m0/s1. The molecule has 2 atom stereocenters. The van der Waals surface area contributed by atoms with Crippen molar-refractivity contribution in [2.24, 2.45) is 0 Å². The summed E-state index contributed by atoms with van der Waals surface area (Å²) in [5.74, 6) is -0.0605. The van der Waals surface area contributed by atoms with E-state index in [-0.39, 0.29) is 18.1 Å². The monoisotopic (exact) mass is 339 g/mol. The van der Waals surface area contributed by atoms with E-state index in [4.69, 9.17) is 4.74 Å². The molecule has 1 amide bonds. The van der Waals surface area contributed by atoms with Crippen molar-refractivity contribution >= 4 is 5.91 Å². The predicted molar refractivity (Wildman–Crippen MR) is 90.7 cm³/mol. The average molecular weight is 339 g/mol. The summed E-state index contributed by atoms with van der Waals surface area (Å²) >= 11 is 0. The number of aromatic nitrogens is 3. The number of ether oxygens (including phenoxy) is 1. The molecule has 7 heteroatoms. The Hall–Kier alpha value is -2.38. The molecule has 0 spiro atoms. The fourth-order valence-corrected chi connectivity index (χ4v) is 3.64. The molecule has 4 rings (SSSR count). The summed E-state index contributed by atoms with van der Waals surface area (Å²) in [6, 6.07) is 4.09. The van der Waals surface area contributed by atoms with E-state index in [1.807, 2.05) is 17.2 Å². The maximum Gasteiger partial charge on any atom is 0.274 e. The van der Waals surface area contributed by atoms with Crippen molar-refractivity contribution in [3.05, 3.63) is 54.4 Å². The molecule has 7 nitrogen and oxygen atoms in total. The lowest BCUT2D eigenvalue weighted by molar-refractivity contribution is -0.0915. The zero-order chi connectivity index (χ0) is 17.1. The molecule has 130 valence electrons. The van der Waals surface area contributed by atoms with Crippen LogP contribution in [0.15, 0.2) is 43.1 Å². The van der Waals surface area contributed by atoms with Crippen LogP contribution in [0.25, 0.3) is 0 Å². The number of carbonyl (C=O) groups excluding carboxylic acids is 1. The number of fused-ring (bicyclic) bond motifs is 1. The largest absolute Gasteiger partial charge is 0.374 e. The number of morpholine rings is 1. The fraction of sp³-hybridized carbons (Fsp3) is 0.444. The molecule has 0 saturated carbocycles. The molecule has 0 unspecified atom stereocenters. The molecule has 4 heterocycles. The summed E-state index contributed by atoms with van der Waals surface area (Å²) in [6.07, 6.45) is 9.37. The Labute approximate surface area is 146 Å². The summed E-state index contributed by atoms with van der Waals surface area (Å²) in [4.78, 5) is 29.5. The number of hydrogen-bond donors (Lipinski definition) is 0. The first kappa shape index (κ1) is 16.1. The smallest absolute Gasteiger partial charge is 0.274 e. The van der Waals surface area contributed by atoms with Gasteiger partial charge in [0.15, 0.2) is 0 Å². The molecule has 2 fully saturated rings. The molecular formula is C18H21N5O2. The van der Waals surface area contributed by atoms with E-state index in [0.29, 0.717) is 18.8 Å². The van der Waals surface area contributed by atoms with E-state index in [1.165, 1.54) is 11.8 Å². The van der Waals surface area contributed by atoms with Gasteiger partial charge in [-0.3, -0.25) is 19.7 Å². The van der Waals surface area contributed by atoms with Crippen LogP contribution < -0.4 is 0 Å². The highest BCUT2D eigenvalue weighted by Crippen LogP contribution is 2.25. The average Bonchev–Trinajstić information content (AvgIpc) is 2.68. The van der Waals surface area contributed by atoms with Gasteiger partial charge in [-0.05, 0) is 18.1 Å². The Kier molecular flexibility index (Phi) is 4.67. The molecule has 2 saturated heterocycles. The third-order valence-electron chi connectivity index (χ3n) is 4.84. The minimum atomic E-state index is -0.0605. The molecule has 0 radical (unpaired) electrons. The third-order valence-corrected chi connectivity index (χ3v) is 4.84. The Bertz CT molecular complexity index is 712. The number of carbonyl (C=O) groups is 1. The van der Waals surface area contributed by atoms with Crippen LogP contribution in [0.4, 0.5) is 0 Å². The lowest BCUT2D eigenvalue weighted by atomic mass is 9.98. The van der Waals surface area contributed by atoms with E-state index >= 15 is 0 Å². The predicted octanol–water partition coefficient (Wildman–Crippen LogP) is 0.987. The number of hydrogen-bond acceptors (Lipinski definition) is 6. The molecule has 0 bridgehead atoms. The van der Waals surface area contributed by atoms with Crippen LogP contribution in [-0.4, -0.2) is 69.0 Å². The second-order valence-electron chi connectivity index (χ2n) is 6.45. The first-order valence-electron chi connectivity index (χ1n) is 8.61. The molecule has 0 aliphatic carbocycles. The second kappa shape index (κ2) is 7.25. The molecule has 25 heavy (non-hydrogen) atoms. The Morgan fingerprint density at radius 3 is 2.92 bits per heavy atom. The first-order chi connectivity index (χ1) is 12.3. The number of pyridine rings is 1. The molecule has 0 aromatic carbocycles. The third kappa shape index (κ3) is 3.52. The van der Waals surface area contributed by atoms with Crippen molar-refractivity contribution in [2.45, 2.75) is 25.1 Å². The molecule has 2 aliphatic rings. The number of amides is 1. The Morgan fingerprint density at radius 1 is 1.20 bits per heavy atom. The second-order valence-corrected chi connectivity index (χ2v) is 6.45. The molecule has 2 aliphatic heterocycles. The van der Waals surface area contributed by atoms with Gasteiger partial charge in [-0.2, -0.15) is 0 Å². The van der Waals surface area contributed by atoms with Crippen molar-refractivity contribution < 1.29 is 9.53 Å². The van der Waals surface area contributed by atoms with E-state index in [2.05, 4.69) is 25.9 Å². The van der Waals surface area contributed by atoms with Crippen LogP contribution in [0.5, 0.6) is 0 Å². The summed E-state index contributed by atoms with van der Waals surface area (Å²) < 4.78 is 5.93. The van der Waals surface area contributed by atoms with E-state index in [1.54, 1.807) is 18.6 Å². The summed E-state index contributed by atoms with van der Waals surface area (Å²) in [6.45, 7) is 3.77. The molecular weight excluding hydrogens is 318 g/mol. The zero-order valence-electron chi connectivity index (χ0n) is 14.0. The number of nitrogens with zero attached hydrogens (tertiary/aromatic N) is 5. The van der Waals surface area contributed by atoms with Gasteiger partial charge in [0.25, 0.3) is 5.91 Å². The van der Waals surface area contributed by atoms with Gasteiger partial charge in [0.1, 0.15) is 5.69 Å². The van der Waals surface area contributed by atoms with Gasteiger partial charge in [-0.15, -0.1) is 0 Å². The highest BCUT2D eigenvalue weighted by molar-refractivity contribution is 5.92. The van der Waals surface area contributed by atoms with Crippen LogP contribution >= 0.6 is 0 Å². The molecule has 2 aromatic rings. The topological polar surface area (TPSA) is 71.5 Å². The van der Waals surface area contributed by atoms with Gasteiger partial charge in [-0.1, -0.05) is 6.07 Å². The lowest BCUT2D eigenvalue weighted by Gasteiger charge is -2.46. The number of rotatable bonds is 3. The molecule has 2 aromatic heterocycles. The number of piperidine rings is 1. The highest BCUT2D eigenvalue weighted by Gasteiger charge is 2.39. The Morgan fingerprint density at radius 2 is 2.12 bits per heavy atom. The van der Waals surface area contributed by atoms with Crippen molar-refractivity contribution in [3.8, 4) is 0 Å². The quantitative estimate of drug-likeness (QED) is 0.830. The minimum absolute atomic E-state index is 0.0497. The maximum absolute atomic E-state index is 12.9. The van der Waals surface area contributed by atoms with Crippen LogP contribution in [0.3, 0.4) is 0 Å². The van der Waals surface area contributed by atoms with Crippen LogP contribution in [0.1, 0.15) is 22.5 Å². The highest BCUT2D eigenvalue weighted by atomic mass is 16.5. The maximum atomic E-state index is 12.9. The number of likely N-dealkylation sites (tertiary alicyclic amines) is 1. The van der Waals surface area contributed by atoms with Gasteiger partial charge in [-0.25, -0.2) is 4.98 Å². The van der Waals surface area contributed by atoms with E-state index in [9.17, 15) is 4.79 Å². The Balaban J connectivity index is 1.49. The summed E-state index contributed by atoms with van der Waals surface area (Å²) in [5, 5.41) is 0. The van der Waals surface area contributed by atoms with Crippen molar-refractivity contribution in [2.75, 3.05) is 26.2 Å². The summed E-state index contributed by atoms with van der Waals surface area (Å²) in [5.41, 5.74) is 1.58. The van der Waals surface area contributed by atoms with Crippen LogP contribution in [0, 0.1) is 0 Å². The van der Waals surface area contributed by atoms with Gasteiger partial charge in [0, 0.05) is 51.0 Å². The van der Waals surface area contributed by atoms with Gasteiger partial charge >= 0.3 is 0 Å². The fourth-order valence-electron chi connectivity index (χ4n) is 3.64. The normalized spacial score (nSPS) is 23.9.